The molecule has 6 heteroatoms. The molecule has 134 valence electrons. The van der Waals surface area contributed by atoms with Gasteiger partial charge in [-0.05, 0) is 40.5 Å². The third-order valence-electron chi connectivity index (χ3n) is 4.20. The van der Waals surface area contributed by atoms with Gasteiger partial charge in [0.25, 0.3) is 0 Å². The minimum atomic E-state index is -0.516. The van der Waals surface area contributed by atoms with E-state index in [2.05, 4.69) is 9.97 Å². The van der Waals surface area contributed by atoms with E-state index in [4.69, 9.17) is 16.3 Å². The fraction of sp³-hybridized carbons (Fsp3) is 0.474. The average Bonchev–Trinajstić information content (AvgIpc) is 3.13. The number of aromatic nitrogens is 2. The number of imidazole rings is 1. The molecule has 0 spiro atoms. The minimum Gasteiger partial charge on any atom is -0.444 e. The number of aryl methyl sites for hydroxylation is 1. The summed E-state index contributed by atoms with van der Waals surface area (Å²) in [5.41, 5.74) is 2.34. The lowest BCUT2D eigenvalue weighted by molar-refractivity contribution is 0.0219. The SMILES string of the molecule is Cc1ccc(-c2nc(C3CCCN3C(=O)OC(C)(C)C)[nH]c2Cl)cc1. The van der Waals surface area contributed by atoms with Gasteiger partial charge in [0.15, 0.2) is 0 Å². The van der Waals surface area contributed by atoms with Crippen LogP contribution in [0.1, 0.15) is 51.0 Å². The van der Waals surface area contributed by atoms with Crippen molar-refractivity contribution >= 4 is 17.7 Å². The Morgan fingerprint density at radius 2 is 2.00 bits per heavy atom. The third kappa shape index (κ3) is 3.98. The molecule has 1 aliphatic heterocycles. The molecule has 1 aromatic carbocycles. The number of nitrogens with one attached hydrogen (secondary N) is 1. The molecule has 1 aliphatic rings. The van der Waals surface area contributed by atoms with E-state index < -0.39 is 5.60 Å². The first kappa shape index (κ1) is 17.8. The van der Waals surface area contributed by atoms with Crippen molar-refractivity contribution in [1.82, 2.24) is 14.9 Å². The van der Waals surface area contributed by atoms with Crippen LogP contribution in [0.25, 0.3) is 11.3 Å². The van der Waals surface area contributed by atoms with Gasteiger partial charge in [-0.25, -0.2) is 9.78 Å². The molecule has 0 saturated carbocycles. The van der Waals surface area contributed by atoms with Crippen molar-refractivity contribution in [3.63, 3.8) is 0 Å². The van der Waals surface area contributed by atoms with Crippen LogP contribution in [-0.4, -0.2) is 33.1 Å². The maximum atomic E-state index is 12.5. The first-order valence-corrected chi connectivity index (χ1v) is 8.94. The summed E-state index contributed by atoms with van der Waals surface area (Å²) in [6.07, 6.45) is 1.46. The molecule has 1 amide bonds. The Morgan fingerprint density at radius 3 is 2.64 bits per heavy atom. The maximum absolute atomic E-state index is 12.5. The zero-order chi connectivity index (χ0) is 18.2. The Balaban J connectivity index is 1.85. The van der Waals surface area contributed by atoms with E-state index in [0.717, 1.165) is 18.4 Å². The molecule has 2 aromatic rings. The number of hydrogen-bond acceptors (Lipinski definition) is 3. The molecule has 1 saturated heterocycles. The number of carbonyl (C=O) groups is 1. The van der Waals surface area contributed by atoms with Crippen molar-refractivity contribution in [1.29, 1.82) is 0 Å². The molecule has 2 heterocycles. The second-order valence-corrected chi connectivity index (χ2v) is 7.86. The van der Waals surface area contributed by atoms with Crippen molar-refractivity contribution in [2.75, 3.05) is 6.54 Å². The van der Waals surface area contributed by atoms with Crippen molar-refractivity contribution in [2.24, 2.45) is 0 Å². The normalized spacial score (nSPS) is 17.8. The molecule has 25 heavy (non-hydrogen) atoms. The van der Waals surface area contributed by atoms with Gasteiger partial charge in [-0.1, -0.05) is 41.4 Å². The summed E-state index contributed by atoms with van der Waals surface area (Å²) in [6.45, 7) is 8.32. The summed E-state index contributed by atoms with van der Waals surface area (Å²) in [5, 5.41) is 0.495. The Kier molecular flexibility index (Phi) is 4.78. The fourth-order valence-electron chi connectivity index (χ4n) is 3.02. The number of carbonyl (C=O) groups excluding carboxylic acids is 1. The van der Waals surface area contributed by atoms with Gasteiger partial charge in [0, 0.05) is 12.1 Å². The van der Waals surface area contributed by atoms with Crippen molar-refractivity contribution in [3.8, 4) is 11.3 Å². The molecule has 1 atom stereocenters. The van der Waals surface area contributed by atoms with E-state index in [9.17, 15) is 4.79 Å². The van der Waals surface area contributed by atoms with Crippen molar-refractivity contribution < 1.29 is 9.53 Å². The second-order valence-electron chi connectivity index (χ2n) is 7.48. The highest BCUT2D eigenvalue weighted by Crippen LogP contribution is 2.35. The monoisotopic (exact) mass is 361 g/mol. The van der Waals surface area contributed by atoms with Gasteiger partial charge in [-0.3, -0.25) is 4.90 Å². The molecule has 0 bridgehead atoms. The molecule has 1 unspecified atom stereocenters. The van der Waals surface area contributed by atoms with Gasteiger partial charge < -0.3 is 9.72 Å². The van der Waals surface area contributed by atoms with Crippen molar-refractivity contribution in [2.45, 2.75) is 52.2 Å². The van der Waals surface area contributed by atoms with E-state index in [1.165, 1.54) is 5.56 Å². The molecule has 0 aliphatic carbocycles. The number of H-pyrrole nitrogens is 1. The van der Waals surface area contributed by atoms with Crippen LogP contribution in [0.2, 0.25) is 5.15 Å². The molecule has 3 rings (SSSR count). The summed E-state index contributed by atoms with van der Waals surface area (Å²) in [6, 6.07) is 7.93. The number of aromatic amines is 1. The number of nitrogens with zero attached hydrogens (tertiary/aromatic N) is 2. The zero-order valence-corrected chi connectivity index (χ0v) is 15.9. The van der Waals surface area contributed by atoms with Crippen LogP contribution in [0.5, 0.6) is 0 Å². The van der Waals surface area contributed by atoms with Gasteiger partial charge in [0.05, 0.1) is 6.04 Å². The smallest absolute Gasteiger partial charge is 0.410 e. The van der Waals surface area contributed by atoms with Gasteiger partial charge >= 0.3 is 6.09 Å². The Morgan fingerprint density at radius 1 is 1.32 bits per heavy atom. The molecular weight excluding hydrogens is 338 g/mol. The highest BCUT2D eigenvalue weighted by Gasteiger charge is 2.35. The van der Waals surface area contributed by atoms with E-state index in [0.29, 0.717) is 23.2 Å². The summed E-state index contributed by atoms with van der Waals surface area (Å²) >= 11 is 6.38. The number of ether oxygens (including phenoxy) is 1. The average molecular weight is 362 g/mol. The number of amides is 1. The predicted molar refractivity (Wildman–Crippen MR) is 98.7 cm³/mol. The molecule has 0 radical (unpaired) electrons. The quantitative estimate of drug-likeness (QED) is 0.808. The molecule has 5 nitrogen and oxygen atoms in total. The van der Waals surface area contributed by atoms with Crippen LogP contribution in [0, 0.1) is 6.92 Å². The number of benzene rings is 1. The summed E-state index contributed by atoms with van der Waals surface area (Å²) in [4.78, 5) is 22.0. The van der Waals surface area contributed by atoms with E-state index >= 15 is 0 Å². The summed E-state index contributed by atoms with van der Waals surface area (Å²) in [7, 11) is 0. The summed E-state index contributed by atoms with van der Waals surface area (Å²) in [5.74, 6) is 0.712. The van der Waals surface area contributed by atoms with Crippen LogP contribution in [0.15, 0.2) is 24.3 Å². The lowest BCUT2D eigenvalue weighted by Crippen LogP contribution is -2.36. The number of likely N-dealkylation sites (tertiary alicyclic amines) is 1. The van der Waals surface area contributed by atoms with Crippen LogP contribution in [-0.2, 0) is 4.74 Å². The lowest BCUT2D eigenvalue weighted by atomic mass is 10.1. The predicted octanol–water partition coefficient (Wildman–Crippen LogP) is 5.11. The van der Waals surface area contributed by atoms with Gasteiger partial charge in [-0.2, -0.15) is 0 Å². The molecule has 1 N–H and O–H groups in total. The van der Waals surface area contributed by atoms with Crippen molar-refractivity contribution in [3.05, 3.63) is 40.8 Å². The molecular formula is C19H24ClN3O2. The zero-order valence-electron chi connectivity index (χ0n) is 15.1. The number of hydrogen-bond donors (Lipinski definition) is 1. The van der Waals surface area contributed by atoms with E-state index in [-0.39, 0.29) is 12.1 Å². The standard InChI is InChI=1S/C19H24ClN3O2/c1-12-7-9-13(10-8-12)15-16(20)22-17(21-15)14-6-5-11-23(14)18(24)25-19(2,3)4/h7-10,14H,5-6,11H2,1-4H3,(H,21,22). The van der Waals surface area contributed by atoms with Gasteiger partial charge in [-0.15, -0.1) is 0 Å². The number of halogens is 1. The van der Waals surface area contributed by atoms with E-state index in [1.54, 1.807) is 4.90 Å². The van der Waals surface area contributed by atoms with Crippen LogP contribution < -0.4 is 0 Å². The first-order chi connectivity index (χ1) is 11.7. The first-order valence-electron chi connectivity index (χ1n) is 8.56. The van der Waals surface area contributed by atoms with E-state index in [1.807, 2.05) is 52.0 Å². The maximum Gasteiger partial charge on any atom is 0.410 e. The van der Waals surface area contributed by atoms with Gasteiger partial charge in [0.1, 0.15) is 22.3 Å². The highest BCUT2D eigenvalue weighted by molar-refractivity contribution is 6.31. The van der Waals surface area contributed by atoms with Crippen LogP contribution in [0.3, 0.4) is 0 Å². The number of rotatable bonds is 2. The second kappa shape index (κ2) is 6.71. The Hall–Kier alpha value is -2.01. The lowest BCUT2D eigenvalue weighted by Gasteiger charge is -2.27. The fourth-order valence-corrected chi connectivity index (χ4v) is 3.27. The Labute approximate surface area is 153 Å². The Bertz CT molecular complexity index is 762. The third-order valence-corrected chi connectivity index (χ3v) is 4.47. The summed E-state index contributed by atoms with van der Waals surface area (Å²) < 4.78 is 5.52. The minimum absolute atomic E-state index is 0.133. The molecule has 1 fully saturated rings. The highest BCUT2D eigenvalue weighted by atomic mass is 35.5. The van der Waals surface area contributed by atoms with Crippen LogP contribution >= 0.6 is 11.6 Å². The molecule has 1 aromatic heterocycles. The largest absolute Gasteiger partial charge is 0.444 e. The van der Waals surface area contributed by atoms with Gasteiger partial charge in [0.2, 0.25) is 0 Å². The topological polar surface area (TPSA) is 58.2 Å². The van der Waals surface area contributed by atoms with Crippen LogP contribution in [0.4, 0.5) is 4.79 Å².